The molecule has 3 aromatic rings. The van der Waals surface area contributed by atoms with Crippen LogP contribution >= 0.6 is 0 Å². The van der Waals surface area contributed by atoms with Gasteiger partial charge in [-0.2, -0.15) is 18.4 Å². The molecule has 2 N–H and O–H groups in total. The fourth-order valence-electron chi connectivity index (χ4n) is 2.56. The van der Waals surface area contributed by atoms with Gasteiger partial charge >= 0.3 is 6.18 Å². The Morgan fingerprint density at radius 3 is 2.39 bits per heavy atom. The average Bonchev–Trinajstić information content (AvgIpc) is 2.90. The van der Waals surface area contributed by atoms with E-state index < -0.39 is 11.7 Å². The standard InChI is InChI=1S/C17H11F3N2O/c18-17(19,20)13-3-1-10(2-4-13)12-7-14-16(15(23)8-12)11(5-6-21)9-22-14/h1-4,7-9,22-23H,5H2. The molecule has 116 valence electrons. The minimum Gasteiger partial charge on any atom is -0.507 e. The van der Waals surface area contributed by atoms with Gasteiger partial charge in [0.05, 0.1) is 23.6 Å². The molecule has 0 aliphatic carbocycles. The van der Waals surface area contributed by atoms with E-state index in [9.17, 15) is 18.3 Å². The number of aromatic amines is 1. The molecule has 0 saturated carbocycles. The van der Waals surface area contributed by atoms with Crippen LogP contribution in [0.25, 0.3) is 22.0 Å². The van der Waals surface area contributed by atoms with Crippen molar-refractivity contribution in [2.45, 2.75) is 12.6 Å². The van der Waals surface area contributed by atoms with Gasteiger partial charge in [-0.25, -0.2) is 0 Å². The van der Waals surface area contributed by atoms with Crippen molar-refractivity contribution in [3.8, 4) is 22.9 Å². The summed E-state index contributed by atoms with van der Waals surface area (Å²) in [6.45, 7) is 0. The van der Waals surface area contributed by atoms with Gasteiger partial charge in [0.2, 0.25) is 0 Å². The van der Waals surface area contributed by atoms with E-state index in [0.717, 1.165) is 12.1 Å². The van der Waals surface area contributed by atoms with Gasteiger partial charge in [-0.05, 0) is 41.0 Å². The topological polar surface area (TPSA) is 59.8 Å². The second kappa shape index (κ2) is 5.36. The van der Waals surface area contributed by atoms with Gasteiger partial charge < -0.3 is 10.1 Å². The summed E-state index contributed by atoms with van der Waals surface area (Å²) in [5.74, 6) is -0.0103. The predicted octanol–water partition coefficient (Wildman–Crippen LogP) is 4.63. The van der Waals surface area contributed by atoms with Crippen LogP contribution in [-0.2, 0) is 12.6 Å². The number of fused-ring (bicyclic) bond motifs is 1. The highest BCUT2D eigenvalue weighted by Gasteiger charge is 2.30. The zero-order valence-corrected chi connectivity index (χ0v) is 11.8. The van der Waals surface area contributed by atoms with Crippen molar-refractivity contribution in [3.05, 3.63) is 53.7 Å². The van der Waals surface area contributed by atoms with Crippen molar-refractivity contribution in [2.24, 2.45) is 0 Å². The van der Waals surface area contributed by atoms with Gasteiger partial charge in [0, 0.05) is 11.6 Å². The Morgan fingerprint density at radius 1 is 1.09 bits per heavy atom. The summed E-state index contributed by atoms with van der Waals surface area (Å²) in [7, 11) is 0. The molecule has 0 unspecified atom stereocenters. The number of hydrogen-bond acceptors (Lipinski definition) is 2. The molecule has 0 aliphatic rings. The highest BCUT2D eigenvalue weighted by atomic mass is 19.4. The maximum atomic E-state index is 12.6. The first-order valence-electron chi connectivity index (χ1n) is 6.77. The van der Waals surface area contributed by atoms with Gasteiger partial charge in [0.1, 0.15) is 5.75 Å². The number of phenols is 1. The molecule has 3 rings (SSSR count). The monoisotopic (exact) mass is 316 g/mol. The molecule has 0 spiro atoms. The van der Waals surface area contributed by atoms with Crippen molar-refractivity contribution in [2.75, 3.05) is 0 Å². The van der Waals surface area contributed by atoms with Crippen LogP contribution in [-0.4, -0.2) is 10.1 Å². The number of aromatic nitrogens is 1. The van der Waals surface area contributed by atoms with Gasteiger partial charge in [-0.3, -0.25) is 0 Å². The number of nitrogens with one attached hydrogen (secondary N) is 1. The quantitative estimate of drug-likeness (QED) is 0.724. The number of H-pyrrole nitrogens is 1. The third-order valence-electron chi connectivity index (χ3n) is 3.66. The molecular weight excluding hydrogens is 305 g/mol. The van der Waals surface area contributed by atoms with E-state index in [4.69, 9.17) is 5.26 Å². The van der Waals surface area contributed by atoms with Crippen molar-refractivity contribution < 1.29 is 18.3 Å². The van der Waals surface area contributed by atoms with E-state index in [1.54, 1.807) is 12.3 Å². The number of rotatable bonds is 2. The minimum atomic E-state index is -4.38. The lowest BCUT2D eigenvalue weighted by molar-refractivity contribution is -0.137. The lowest BCUT2D eigenvalue weighted by atomic mass is 10.0. The summed E-state index contributed by atoms with van der Waals surface area (Å²) in [6.07, 6.45) is -2.58. The molecule has 6 heteroatoms. The molecule has 0 radical (unpaired) electrons. The molecule has 0 amide bonds. The second-order valence-electron chi connectivity index (χ2n) is 5.14. The van der Waals surface area contributed by atoms with E-state index in [2.05, 4.69) is 4.98 Å². The molecule has 23 heavy (non-hydrogen) atoms. The van der Waals surface area contributed by atoms with E-state index in [-0.39, 0.29) is 12.2 Å². The third-order valence-corrected chi connectivity index (χ3v) is 3.66. The Morgan fingerprint density at radius 2 is 1.78 bits per heavy atom. The fourth-order valence-corrected chi connectivity index (χ4v) is 2.56. The van der Waals surface area contributed by atoms with E-state index in [0.29, 0.717) is 27.6 Å². The molecule has 0 aliphatic heterocycles. The zero-order chi connectivity index (χ0) is 16.6. The summed E-state index contributed by atoms with van der Waals surface area (Å²) >= 11 is 0. The largest absolute Gasteiger partial charge is 0.507 e. The smallest absolute Gasteiger partial charge is 0.416 e. The molecule has 1 aromatic heterocycles. The Hall–Kier alpha value is -2.94. The molecule has 3 nitrogen and oxygen atoms in total. The molecule has 0 atom stereocenters. The van der Waals surface area contributed by atoms with Crippen LogP contribution in [0.4, 0.5) is 13.2 Å². The number of nitriles is 1. The molecule has 1 heterocycles. The second-order valence-corrected chi connectivity index (χ2v) is 5.14. The molecular formula is C17H11F3N2O. The molecule has 0 saturated heterocycles. The summed E-state index contributed by atoms with van der Waals surface area (Å²) in [5.41, 5.74) is 1.74. The first-order valence-corrected chi connectivity index (χ1v) is 6.77. The van der Waals surface area contributed by atoms with Crippen molar-refractivity contribution >= 4 is 10.9 Å². The van der Waals surface area contributed by atoms with E-state index in [1.807, 2.05) is 6.07 Å². The Balaban J connectivity index is 2.06. The lowest BCUT2D eigenvalue weighted by Crippen LogP contribution is -2.03. The maximum Gasteiger partial charge on any atom is 0.416 e. The summed E-state index contributed by atoms with van der Waals surface area (Å²) < 4.78 is 37.8. The highest BCUT2D eigenvalue weighted by molar-refractivity contribution is 5.93. The maximum absolute atomic E-state index is 12.6. The zero-order valence-electron chi connectivity index (χ0n) is 11.8. The van der Waals surface area contributed by atoms with Crippen LogP contribution in [0.15, 0.2) is 42.6 Å². The summed E-state index contributed by atoms with van der Waals surface area (Å²) in [4.78, 5) is 2.97. The van der Waals surface area contributed by atoms with Gasteiger partial charge in [-0.15, -0.1) is 0 Å². The van der Waals surface area contributed by atoms with Crippen LogP contribution in [0.2, 0.25) is 0 Å². The van der Waals surface area contributed by atoms with Crippen molar-refractivity contribution in [3.63, 3.8) is 0 Å². The van der Waals surface area contributed by atoms with Crippen LogP contribution < -0.4 is 0 Å². The van der Waals surface area contributed by atoms with Crippen LogP contribution in [0.3, 0.4) is 0 Å². The number of halogens is 3. The predicted molar refractivity (Wildman–Crippen MR) is 79.7 cm³/mol. The first kappa shape index (κ1) is 15.0. The number of alkyl halides is 3. The van der Waals surface area contributed by atoms with E-state index >= 15 is 0 Å². The van der Waals surface area contributed by atoms with Gasteiger partial charge in [0.25, 0.3) is 0 Å². The number of benzene rings is 2. The van der Waals surface area contributed by atoms with Crippen LogP contribution in [0.1, 0.15) is 11.1 Å². The molecule has 2 aromatic carbocycles. The summed E-state index contributed by atoms with van der Waals surface area (Å²) in [5, 5.41) is 19.5. The van der Waals surface area contributed by atoms with Crippen LogP contribution in [0.5, 0.6) is 5.75 Å². The van der Waals surface area contributed by atoms with Gasteiger partial charge in [0.15, 0.2) is 0 Å². The highest BCUT2D eigenvalue weighted by Crippen LogP contribution is 2.35. The number of aromatic hydroxyl groups is 1. The molecule has 0 fully saturated rings. The minimum absolute atomic E-state index is 0.0103. The molecule has 0 bridgehead atoms. The third kappa shape index (κ3) is 2.73. The first-order chi connectivity index (χ1) is 10.9. The fraction of sp³-hybridized carbons (Fsp3) is 0.118. The SMILES string of the molecule is N#CCc1c[nH]c2cc(-c3ccc(C(F)(F)F)cc3)cc(O)c12. The number of phenolic OH excluding ortho intramolecular Hbond substituents is 1. The Labute approximate surface area is 129 Å². The number of nitrogens with zero attached hydrogens (tertiary/aromatic N) is 1. The Bertz CT molecular complexity index is 902. The normalized spacial score (nSPS) is 11.6. The summed E-state index contributed by atoms with van der Waals surface area (Å²) in [6, 6.07) is 9.98. The van der Waals surface area contributed by atoms with Crippen molar-refractivity contribution in [1.29, 1.82) is 5.26 Å². The lowest BCUT2D eigenvalue weighted by Gasteiger charge is -2.09. The number of hydrogen-bond donors (Lipinski definition) is 2. The van der Waals surface area contributed by atoms with E-state index in [1.165, 1.54) is 18.2 Å². The average molecular weight is 316 g/mol. The van der Waals surface area contributed by atoms with Crippen LogP contribution in [0, 0.1) is 11.3 Å². The van der Waals surface area contributed by atoms with Crippen molar-refractivity contribution in [1.82, 2.24) is 4.98 Å². The Kier molecular flexibility index (Phi) is 3.49. The van der Waals surface area contributed by atoms with Gasteiger partial charge in [-0.1, -0.05) is 12.1 Å².